The van der Waals surface area contributed by atoms with Gasteiger partial charge in [0.1, 0.15) is 12.4 Å². The summed E-state index contributed by atoms with van der Waals surface area (Å²) in [6, 6.07) is 11.6. The average Bonchev–Trinajstić information content (AvgIpc) is 2.52. The Morgan fingerprint density at radius 1 is 1.17 bits per heavy atom. The van der Waals surface area contributed by atoms with E-state index in [2.05, 4.69) is 15.9 Å². The number of nitro benzene ring substituents is 1. The third-order valence-electron chi connectivity index (χ3n) is 3.17. The molecule has 0 heterocycles. The fraction of sp³-hybridized carbons (Fsp3) is 0.188. The summed E-state index contributed by atoms with van der Waals surface area (Å²) in [5.41, 5.74) is 1.76. The molecule has 1 N–H and O–H groups in total. The minimum Gasteiger partial charge on any atom is -0.488 e. The van der Waals surface area contributed by atoms with Crippen molar-refractivity contribution >= 4 is 27.6 Å². The van der Waals surface area contributed by atoms with Crippen LogP contribution >= 0.6 is 15.9 Å². The first-order valence-electron chi connectivity index (χ1n) is 6.82. The first kappa shape index (κ1) is 17.0. The standard InChI is InChI=1S/C16H14BrNO5/c17-14-9-11(4-8-16(19)20)3-7-15(14)23-10-12-1-5-13(6-2-12)18(21)22/h1-3,5-7,9H,4,8,10H2,(H,19,20). The Morgan fingerprint density at radius 3 is 2.39 bits per heavy atom. The highest BCUT2D eigenvalue weighted by atomic mass is 79.9. The summed E-state index contributed by atoms with van der Waals surface area (Å²) in [5.74, 6) is -0.206. The van der Waals surface area contributed by atoms with Crippen LogP contribution in [0.4, 0.5) is 5.69 Å². The minimum absolute atomic E-state index is 0.0395. The Labute approximate surface area is 141 Å². The number of nitro groups is 1. The van der Waals surface area contributed by atoms with Crippen molar-refractivity contribution in [1.82, 2.24) is 0 Å². The number of aryl methyl sites for hydroxylation is 1. The van der Waals surface area contributed by atoms with Crippen LogP contribution in [0.3, 0.4) is 0 Å². The zero-order valence-electron chi connectivity index (χ0n) is 12.1. The highest BCUT2D eigenvalue weighted by molar-refractivity contribution is 9.10. The molecular formula is C16H14BrNO5. The van der Waals surface area contributed by atoms with Crippen LogP contribution in [0, 0.1) is 10.1 Å². The van der Waals surface area contributed by atoms with Crippen LogP contribution in [0.25, 0.3) is 0 Å². The van der Waals surface area contributed by atoms with Crippen molar-refractivity contribution in [2.45, 2.75) is 19.4 Å². The molecule has 2 aromatic rings. The summed E-state index contributed by atoms with van der Waals surface area (Å²) in [6.45, 7) is 0.283. The van der Waals surface area contributed by atoms with Gasteiger partial charge in [-0.25, -0.2) is 0 Å². The highest BCUT2D eigenvalue weighted by Gasteiger charge is 2.07. The number of carboxylic acids is 1. The molecule has 0 spiro atoms. The molecule has 0 aliphatic carbocycles. The maximum absolute atomic E-state index is 10.6. The largest absolute Gasteiger partial charge is 0.488 e. The molecule has 0 bridgehead atoms. The third kappa shape index (κ3) is 5.07. The topological polar surface area (TPSA) is 89.7 Å². The number of benzene rings is 2. The lowest BCUT2D eigenvalue weighted by molar-refractivity contribution is -0.384. The van der Waals surface area contributed by atoms with Crippen molar-refractivity contribution in [3.8, 4) is 5.75 Å². The molecule has 23 heavy (non-hydrogen) atoms. The molecule has 2 rings (SSSR count). The van der Waals surface area contributed by atoms with Gasteiger partial charge in [0.2, 0.25) is 0 Å². The van der Waals surface area contributed by atoms with Gasteiger partial charge < -0.3 is 9.84 Å². The molecule has 0 aliphatic rings. The molecule has 0 atom stereocenters. The van der Waals surface area contributed by atoms with E-state index in [-0.39, 0.29) is 18.7 Å². The quantitative estimate of drug-likeness (QED) is 0.580. The van der Waals surface area contributed by atoms with Crippen molar-refractivity contribution in [1.29, 1.82) is 0 Å². The second-order valence-electron chi connectivity index (χ2n) is 4.87. The predicted octanol–water partition coefficient (Wildman–Crippen LogP) is 3.95. The second kappa shape index (κ2) is 7.73. The SMILES string of the molecule is O=C(O)CCc1ccc(OCc2ccc([N+](=O)[O-])cc2)c(Br)c1. The average molecular weight is 380 g/mol. The molecule has 2 aromatic carbocycles. The number of carbonyl (C=O) groups is 1. The van der Waals surface area contributed by atoms with E-state index in [1.807, 2.05) is 12.1 Å². The number of aliphatic carboxylic acids is 1. The summed E-state index contributed by atoms with van der Waals surface area (Å²) in [5, 5.41) is 19.3. The number of non-ortho nitro benzene ring substituents is 1. The summed E-state index contributed by atoms with van der Waals surface area (Å²) in [7, 11) is 0. The van der Waals surface area contributed by atoms with Crippen LogP contribution < -0.4 is 4.74 Å². The van der Waals surface area contributed by atoms with E-state index in [4.69, 9.17) is 9.84 Å². The first-order chi connectivity index (χ1) is 11.0. The van der Waals surface area contributed by atoms with E-state index in [0.29, 0.717) is 12.2 Å². The number of hydrogen-bond donors (Lipinski definition) is 1. The number of halogens is 1. The smallest absolute Gasteiger partial charge is 0.303 e. The van der Waals surface area contributed by atoms with Crippen LogP contribution in [0.5, 0.6) is 5.75 Å². The van der Waals surface area contributed by atoms with Gasteiger partial charge in [-0.05, 0) is 57.7 Å². The van der Waals surface area contributed by atoms with Gasteiger partial charge in [0.15, 0.2) is 0 Å². The molecule has 7 heteroatoms. The van der Waals surface area contributed by atoms with E-state index >= 15 is 0 Å². The minimum atomic E-state index is -0.834. The zero-order chi connectivity index (χ0) is 16.8. The van der Waals surface area contributed by atoms with E-state index in [1.165, 1.54) is 12.1 Å². The van der Waals surface area contributed by atoms with Crippen molar-refractivity contribution in [3.63, 3.8) is 0 Å². The van der Waals surface area contributed by atoms with Gasteiger partial charge in [-0.3, -0.25) is 14.9 Å². The summed E-state index contributed by atoms with van der Waals surface area (Å²) >= 11 is 3.40. The summed E-state index contributed by atoms with van der Waals surface area (Å²) in [6.07, 6.45) is 0.534. The maximum Gasteiger partial charge on any atom is 0.303 e. The van der Waals surface area contributed by atoms with Gasteiger partial charge in [0.25, 0.3) is 5.69 Å². The third-order valence-corrected chi connectivity index (χ3v) is 3.79. The van der Waals surface area contributed by atoms with Gasteiger partial charge in [-0.1, -0.05) is 6.07 Å². The van der Waals surface area contributed by atoms with Crippen LogP contribution in [0.15, 0.2) is 46.9 Å². The lowest BCUT2D eigenvalue weighted by Gasteiger charge is -2.09. The molecule has 6 nitrogen and oxygen atoms in total. The number of nitrogens with zero attached hydrogens (tertiary/aromatic N) is 1. The molecule has 0 unspecified atom stereocenters. The molecular weight excluding hydrogens is 366 g/mol. The van der Waals surface area contributed by atoms with Crippen molar-refractivity contribution < 1.29 is 19.6 Å². The Kier molecular flexibility index (Phi) is 5.70. The number of ether oxygens (including phenoxy) is 1. The molecule has 0 amide bonds. The molecule has 0 saturated carbocycles. The van der Waals surface area contributed by atoms with Gasteiger partial charge in [0, 0.05) is 18.6 Å². The van der Waals surface area contributed by atoms with Crippen molar-refractivity contribution in [2.75, 3.05) is 0 Å². The number of carboxylic acid groups (broad SMARTS) is 1. The van der Waals surface area contributed by atoms with Crippen LogP contribution in [-0.2, 0) is 17.8 Å². The van der Waals surface area contributed by atoms with Gasteiger partial charge in [0.05, 0.1) is 9.40 Å². The predicted molar refractivity (Wildman–Crippen MR) is 87.5 cm³/mol. The van der Waals surface area contributed by atoms with Crippen LogP contribution in [0.1, 0.15) is 17.5 Å². The van der Waals surface area contributed by atoms with E-state index < -0.39 is 10.9 Å². The molecule has 0 aromatic heterocycles. The number of rotatable bonds is 7. The fourth-order valence-corrected chi connectivity index (χ4v) is 2.48. The van der Waals surface area contributed by atoms with Gasteiger partial charge in [-0.15, -0.1) is 0 Å². The molecule has 0 fully saturated rings. The van der Waals surface area contributed by atoms with Crippen LogP contribution in [0.2, 0.25) is 0 Å². The Balaban J connectivity index is 1.97. The highest BCUT2D eigenvalue weighted by Crippen LogP contribution is 2.27. The molecule has 120 valence electrons. The Morgan fingerprint density at radius 2 is 1.83 bits per heavy atom. The summed E-state index contributed by atoms with van der Waals surface area (Å²) in [4.78, 5) is 20.7. The zero-order valence-corrected chi connectivity index (χ0v) is 13.7. The van der Waals surface area contributed by atoms with Crippen molar-refractivity contribution in [3.05, 3.63) is 68.2 Å². The first-order valence-corrected chi connectivity index (χ1v) is 7.61. The van der Waals surface area contributed by atoms with Crippen molar-refractivity contribution in [2.24, 2.45) is 0 Å². The van der Waals surface area contributed by atoms with E-state index in [0.717, 1.165) is 15.6 Å². The molecule has 0 radical (unpaired) electrons. The Bertz CT molecular complexity index is 715. The fourth-order valence-electron chi connectivity index (χ4n) is 1.94. The lowest BCUT2D eigenvalue weighted by Crippen LogP contribution is -1.99. The van der Waals surface area contributed by atoms with Gasteiger partial charge >= 0.3 is 5.97 Å². The van der Waals surface area contributed by atoms with E-state index in [1.54, 1.807) is 18.2 Å². The monoisotopic (exact) mass is 379 g/mol. The maximum atomic E-state index is 10.6. The van der Waals surface area contributed by atoms with Crippen LogP contribution in [-0.4, -0.2) is 16.0 Å². The number of hydrogen-bond acceptors (Lipinski definition) is 4. The lowest BCUT2D eigenvalue weighted by atomic mass is 10.1. The summed E-state index contributed by atoms with van der Waals surface area (Å²) < 4.78 is 6.41. The van der Waals surface area contributed by atoms with E-state index in [9.17, 15) is 14.9 Å². The normalized spacial score (nSPS) is 10.3. The molecule has 0 aliphatic heterocycles. The van der Waals surface area contributed by atoms with Gasteiger partial charge in [-0.2, -0.15) is 0 Å². The molecule has 0 saturated heterocycles. The Hall–Kier alpha value is -2.41. The second-order valence-corrected chi connectivity index (χ2v) is 5.73.